The maximum atomic E-state index is 13.2. The molecule has 0 bridgehead atoms. The fraction of sp³-hybridized carbons (Fsp3) is 0.160. The molecular weight excluding hydrogens is 454 g/mol. The van der Waals surface area contributed by atoms with E-state index < -0.39 is 6.17 Å². The van der Waals surface area contributed by atoms with Gasteiger partial charge in [-0.15, -0.1) is 5.10 Å². The topological polar surface area (TPSA) is 60.3 Å². The second-order valence-corrected chi connectivity index (χ2v) is 9.31. The molecule has 0 spiro atoms. The van der Waals surface area contributed by atoms with Crippen LogP contribution < -0.4 is 20.8 Å². The van der Waals surface area contributed by atoms with Crippen LogP contribution in [-0.2, 0) is 10.5 Å². The number of nitrogens with zero attached hydrogens (tertiary/aromatic N) is 4. The van der Waals surface area contributed by atoms with Crippen molar-refractivity contribution < 1.29 is 4.79 Å². The molecule has 0 radical (unpaired) electrons. The lowest BCUT2D eigenvalue weighted by molar-refractivity contribution is -0.116. The summed E-state index contributed by atoms with van der Waals surface area (Å²) in [5.41, 5.74) is 3.54. The lowest BCUT2D eigenvalue weighted by Gasteiger charge is -2.34. The number of thioether (sulfide) groups is 1. The number of rotatable bonds is 4. The number of para-hydroxylation sites is 1. The van der Waals surface area contributed by atoms with E-state index in [2.05, 4.69) is 5.32 Å². The Morgan fingerprint density at radius 2 is 1.76 bits per heavy atom. The summed E-state index contributed by atoms with van der Waals surface area (Å²) < 4.78 is 0. The summed E-state index contributed by atoms with van der Waals surface area (Å²) >= 11 is 7.74. The molecule has 2 aliphatic heterocycles. The lowest BCUT2D eigenvalue weighted by Crippen LogP contribution is -2.50. The molecule has 2 heterocycles. The molecule has 3 aromatic rings. The minimum atomic E-state index is -0.437. The number of carbonyl (C=O) groups excluding carboxylic acids is 1. The van der Waals surface area contributed by atoms with Gasteiger partial charge >= 0.3 is 0 Å². The SMILES string of the molecule is CN(C)c1ccc(C2N=c3ccccc3=C3C(=O)NC(SCc4ccccc4Cl)=NN32)cc1. The molecular formula is C25H22ClN5OS. The van der Waals surface area contributed by atoms with Crippen LogP contribution in [0.25, 0.3) is 5.70 Å². The Morgan fingerprint density at radius 1 is 1.03 bits per heavy atom. The highest BCUT2D eigenvalue weighted by Crippen LogP contribution is 2.32. The van der Waals surface area contributed by atoms with Crippen LogP contribution in [0.1, 0.15) is 17.3 Å². The number of halogens is 1. The number of nitrogens with one attached hydrogen (secondary N) is 1. The molecule has 2 aliphatic rings. The van der Waals surface area contributed by atoms with Crippen LogP contribution in [-0.4, -0.2) is 30.2 Å². The summed E-state index contributed by atoms with van der Waals surface area (Å²) in [4.78, 5) is 20.2. The van der Waals surface area contributed by atoms with Crippen molar-refractivity contribution in [1.82, 2.24) is 10.3 Å². The summed E-state index contributed by atoms with van der Waals surface area (Å²) in [5, 5.41) is 12.3. The summed E-state index contributed by atoms with van der Waals surface area (Å²) in [6.45, 7) is 0. The Balaban J connectivity index is 1.55. The van der Waals surface area contributed by atoms with Crippen LogP contribution >= 0.6 is 23.4 Å². The molecule has 0 aromatic heterocycles. The number of fused-ring (bicyclic) bond motifs is 2. The smallest absolute Gasteiger partial charge is 0.276 e. The van der Waals surface area contributed by atoms with Gasteiger partial charge < -0.3 is 4.90 Å². The molecule has 0 saturated heterocycles. The minimum Gasteiger partial charge on any atom is -0.378 e. The first kappa shape index (κ1) is 21.6. The van der Waals surface area contributed by atoms with Gasteiger partial charge in [0.05, 0.1) is 5.36 Å². The van der Waals surface area contributed by atoms with Gasteiger partial charge in [-0.1, -0.05) is 71.9 Å². The Morgan fingerprint density at radius 3 is 2.52 bits per heavy atom. The van der Waals surface area contributed by atoms with Crippen LogP contribution in [0.15, 0.2) is 82.9 Å². The first-order chi connectivity index (χ1) is 16.0. The van der Waals surface area contributed by atoms with Gasteiger partial charge in [-0.25, -0.2) is 5.01 Å². The molecule has 1 unspecified atom stereocenters. The molecule has 166 valence electrons. The number of amides is 1. The molecule has 1 N–H and O–H groups in total. The normalized spacial score (nSPS) is 16.9. The lowest BCUT2D eigenvalue weighted by atomic mass is 10.1. The van der Waals surface area contributed by atoms with Gasteiger partial charge in [-0.05, 0) is 35.4 Å². The summed E-state index contributed by atoms with van der Waals surface area (Å²) in [5.74, 6) is 0.404. The standard InChI is InChI=1S/C25H22ClN5OS/c1-30(2)18-13-11-16(12-14-18)23-27-21-10-6-4-8-19(21)22-24(32)28-25(29-31(22)23)33-15-17-7-3-5-9-20(17)26/h3-14,23H,15H2,1-2H3,(H,28,29,32). The van der Waals surface area contributed by atoms with E-state index in [9.17, 15) is 4.79 Å². The van der Waals surface area contributed by atoms with Crippen molar-refractivity contribution in [2.75, 3.05) is 19.0 Å². The second-order valence-electron chi connectivity index (χ2n) is 7.94. The van der Waals surface area contributed by atoms with Crippen molar-refractivity contribution in [3.05, 3.63) is 99.5 Å². The monoisotopic (exact) mass is 475 g/mol. The van der Waals surface area contributed by atoms with Crippen molar-refractivity contribution >= 4 is 45.8 Å². The molecule has 8 heteroatoms. The van der Waals surface area contributed by atoms with Crippen molar-refractivity contribution in [3.8, 4) is 0 Å². The van der Waals surface area contributed by atoms with Gasteiger partial charge in [-0.3, -0.25) is 15.1 Å². The van der Waals surface area contributed by atoms with E-state index in [-0.39, 0.29) is 5.91 Å². The summed E-state index contributed by atoms with van der Waals surface area (Å²) in [7, 11) is 4.01. The van der Waals surface area contributed by atoms with Gasteiger partial charge in [0, 0.05) is 35.8 Å². The van der Waals surface area contributed by atoms with Crippen LogP contribution in [0.4, 0.5) is 5.69 Å². The van der Waals surface area contributed by atoms with E-state index in [0.717, 1.165) is 27.4 Å². The molecule has 3 aromatic carbocycles. The summed E-state index contributed by atoms with van der Waals surface area (Å²) in [6, 6.07) is 23.5. The molecule has 1 atom stereocenters. The fourth-order valence-electron chi connectivity index (χ4n) is 3.82. The van der Waals surface area contributed by atoms with E-state index in [1.807, 2.05) is 91.8 Å². The Kier molecular flexibility index (Phi) is 5.83. The average molecular weight is 476 g/mol. The van der Waals surface area contributed by atoms with Gasteiger partial charge in [0.1, 0.15) is 5.70 Å². The van der Waals surface area contributed by atoms with Crippen molar-refractivity contribution in [3.63, 3.8) is 0 Å². The molecule has 33 heavy (non-hydrogen) atoms. The minimum absolute atomic E-state index is 0.191. The van der Waals surface area contributed by atoms with Crippen LogP contribution in [0.3, 0.4) is 0 Å². The third kappa shape index (κ3) is 4.21. The second kappa shape index (κ2) is 8.92. The van der Waals surface area contributed by atoms with E-state index in [4.69, 9.17) is 21.7 Å². The van der Waals surface area contributed by atoms with Crippen molar-refractivity contribution in [1.29, 1.82) is 0 Å². The van der Waals surface area contributed by atoms with Gasteiger partial charge in [0.15, 0.2) is 11.3 Å². The number of anilines is 1. The van der Waals surface area contributed by atoms with Gasteiger partial charge in [0.2, 0.25) is 0 Å². The number of hydrogen-bond donors (Lipinski definition) is 1. The highest BCUT2D eigenvalue weighted by atomic mass is 35.5. The van der Waals surface area contributed by atoms with Crippen LogP contribution in [0, 0.1) is 0 Å². The number of amidine groups is 1. The molecule has 0 fully saturated rings. The van der Waals surface area contributed by atoms with E-state index in [1.54, 1.807) is 5.01 Å². The quantitative estimate of drug-likeness (QED) is 0.627. The first-order valence-electron chi connectivity index (χ1n) is 10.5. The molecule has 5 rings (SSSR count). The number of hydrogen-bond acceptors (Lipinski definition) is 6. The first-order valence-corrected chi connectivity index (χ1v) is 11.9. The van der Waals surface area contributed by atoms with Crippen molar-refractivity contribution in [2.24, 2.45) is 10.1 Å². The van der Waals surface area contributed by atoms with Gasteiger partial charge in [-0.2, -0.15) is 0 Å². The average Bonchev–Trinajstić information content (AvgIpc) is 2.83. The zero-order valence-electron chi connectivity index (χ0n) is 18.2. The Hall–Kier alpha value is -3.29. The van der Waals surface area contributed by atoms with E-state index >= 15 is 0 Å². The Labute approximate surface area is 201 Å². The highest BCUT2D eigenvalue weighted by Gasteiger charge is 2.34. The molecule has 6 nitrogen and oxygen atoms in total. The van der Waals surface area contributed by atoms with E-state index in [1.165, 1.54) is 11.8 Å². The van der Waals surface area contributed by atoms with E-state index in [0.29, 0.717) is 21.6 Å². The highest BCUT2D eigenvalue weighted by molar-refractivity contribution is 8.13. The molecule has 1 amide bonds. The zero-order valence-corrected chi connectivity index (χ0v) is 19.8. The third-order valence-corrected chi connectivity index (χ3v) is 6.83. The third-order valence-electron chi connectivity index (χ3n) is 5.55. The predicted molar refractivity (Wildman–Crippen MR) is 134 cm³/mol. The Bertz CT molecular complexity index is 1370. The molecule has 0 aliphatic carbocycles. The predicted octanol–water partition coefficient (Wildman–Crippen LogP) is 3.48. The van der Waals surface area contributed by atoms with Crippen LogP contribution in [0.5, 0.6) is 0 Å². The van der Waals surface area contributed by atoms with Crippen LogP contribution in [0.2, 0.25) is 5.02 Å². The molecule has 0 saturated carbocycles. The maximum Gasteiger partial charge on any atom is 0.276 e. The zero-order chi connectivity index (χ0) is 22.9. The van der Waals surface area contributed by atoms with Gasteiger partial charge in [0.25, 0.3) is 5.91 Å². The number of carbonyl (C=O) groups is 1. The number of benzene rings is 3. The summed E-state index contributed by atoms with van der Waals surface area (Å²) in [6.07, 6.45) is -0.437. The maximum absolute atomic E-state index is 13.2. The number of hydrazone groups is 1. The largest absolute Gasteiger partial charge is 0.378 e. The van der Waals surface area contributed by atoms with Crippen molar-refractivity contribution in [2.45, 2.75) is 11.9 Å². The fourth-order valence-corrected chi connectivity index (χ4v) is 4.95.